The minimum absolute atomic E-state index is 0.0444. The summed E-state index contributed by atoms with van der Waals surface area (Å²) in [5.41, 5.74) is 2.41. The van der Waals surface area contributed by atoms with Crippen molar-refractivity contribution in [3.05, 3.63) is 59.2 Å². The molecule has 11 heteroatoms. The zero-order valence-electron chi connectivity index (χ0n) is 27.7. The molecule has 47 heavy (non-hydrogen) atoms. The number of benzene rings is 2. The third-order valence-electron chi connectivity index (χ3n) is 9.30. The van der Waals surface area contributed by atoms with Gasteiger partial charge in [0.2, 0.25) is 11.8 Å². The fourth-order valence-electron chi connectivity index (χ4n) is 6.58. The lowest BCUT2D eigenvalue weighted by atomic mass is 9.76. The van der Waals surface area contributed by atoms with Crippen LogP contribution in [0, 0.1) is 11.3 Å². The maximum absolute atomic E-state index is 13.6. The number of rotatable bonds is 7. The van der Waals surface area contributed by atoms with E-state index in [0.717, 1.165) is 31.4 Å². The molecular formula is C36H48N4O7. The van der Waals surface area contributed by atoms with Crippen molar-refractivity contribution in [3.8, 4) is 11.5 Å². The first-order valence-electron chi connectivity index (χ1n) is 16.9. The molecule has 0 saturated heterocycles. The SMILES string of the molecule is CCOC(=O)C1(CC2CC2)CNC(=O)CCCN(C(=O)CN2CCc3ccccc3C2)CCNC(=O)COc2cc(ccc2OC)C1. The van der Waals surface area contributed by atoms with E-state index in [9.17, 15) is 19.2 Å². The molecule has 2 aliphatic heterocycles. The summed E-state index contributed by atoms with van der Waals surface area (Å²) >= 11 is 0. The minimum Gasteiger partial charge on any atom is -0.493 e. The smallest absolute Gasteiger partial charge is 0.314 e. The van der Waals surface area contributed by atoms with Crippen molar-refractivity contribution < 1.29 is 33.4 Å². The summed E-state index contributed by atoms with van der Waals surface area (Å²) in [7, 11) is 1.53. The third kappa shape index (κ3) is 9.47. The van der Waals surface area contributed by atoms with Gasteiger partial charge in [-0.25, -0.2) is 0 Å². The van der Waals surface area contributed by atoms with Crippen molar-refractivity contribution in [3.63, 3.8) is 0 Å². The van der Waals surface area contributed by atoms with E-state index in [1.807, 2.05) is 18.2 Å². The average molecular weight is 649 g/mol. The van der Waals surface area contributed by atoms with Gasteiger partial charge in [-0.05, 0) is 67.3 Å². The number of fused-ring (bicyclic) bond motifs is 3. The van der Waals surface area contributed by atoms with Crippen LogP contribution < -0.4 is 20.1 Å². The van der Waals surface area contributed by atoms with Gasteiger partial charge in [-0.15, -0.1) is 0 Å². The number of nitrogens with zero attached hydrogens (tertiary/aromatic N) is 2. The molecule has 0 radical (unpaired) electrons. The van der Waals surface area contributed by atoms with Gasteiger partial charge >= 0.3 is 5.97 Å². The van der Waals surface area contributed by atoms with Gasteiger partial charge in [0.1, 0.15) is 0 Å². The number of ether oxygens (including phenoxy) is 3. The quantitative estimate of drug-likeness (QED) is 0.439. The van der Waals surface area contributed by atoms with Crippen molar-refractivity contribution in [1.82, 2.24) is 20.4 Å². The lowest BCUT2D eigenvalue weighted by Crippen LogP contribution is -2.47. The fourth-order valence-corrected chi connectivity index (χ4v) is 6.58. The molecule has 2 aromatic carbocycles. The summed E-state index contributed by atoms with van der Waals surface area (Å²) in [6, 6.07) is 13.7. The Morgan fingerprint density at radius 2 is 1.81 bits per heavy atom. The fraction of sp³-hybridized carbons (Fsp3) is 0.556. The van der Waals surface area contributed by atoms with Crippen molar-refractivity contribution in [1.29, 1.82) is 0 Å². The molecule has 1 unspecified atom stereocenters. The molecule has 1 atom stereocenters. The molecule has 11 nitrogen and oxygen atoms in total. The van der Waals surface area contributed by atoms with Gasteiger partial charge in [-0.3, -0.25) is 24.1 Å². The van der Waals surface area contributed by atoms with E-state index < -0.39 is 5.41 Å². The zero-order chi connectivity index (χ0) is 33.2. The highest BCUT2D eigenvalue weighted by atomic mass is 16.5. The Kier molecular flexibility index (Phi) is 11.7. The third-order valence-corrected chi connectivity index (χ3v) is 9.30. The number of methoxy groups -OCH3 is 1. The Bertz CT molecular complexity index is 1430. The van der Waals surface area contributed by atoms with Crippen LogP contribution in [-0.2, 0) is 43.3 Å². The average Bonchev–Trinajstić information content (AvgIpc) is 3.89. The molecule has 3 aliphatic rings. The van der Waals surface area contributed by atoms with Gasteiger partial charge in [0.25, 0.3) is 5.91 Å². The van der Waals surface area contributed by atoms with Crippen LogP contribution in [0.3, 0.4) is 0 Å². The standard InChI is InChI=1S/C36H48N4O7/c1-3-46-35(44)36(20-26-10-11-26)21-27-12-13-30(45-2)31(19-27)47-24-33(42)37-15-18-40(16-6-9-32(41)38-25-36)34(43)23-39-17-14-28-7-4-5-8-29(28)22-39/h4-5,7-8,12-13,19,26H,3,6,9-11,14-18,20-25H2,1-2H3,(H,37,42)(H,38,41). The predicted octanol–water partition coefficient (Wildman–Crippen LogP) is 2.88. The van der Waals surface area contributed by atoms with Gasteiger partial charge in [0, 0.05) is 45.7 Å². The van der Waals surface area contributed by atoms with Gasteiger partial charge < -0.3 is 29.7 Å². The summed E-state index contributed by atoms with van der Waals surface area (Å²) < 4.78 is 17.0. The first-order valence-corrected chi connectivity index (χ1v) is 16.9. The summed E-state index contributed by atoms with van der Waals surface area (Å²) in [6.07, 6.45) is 4.55. The molecule has 2 N–H and O–H groups in total. The molecule has 1 saturated carbocycles. The Labute approximate surface area is 277 Å². The minimum atomic E-state index is -0.962. The molecule has 1 fully saturated rings. The van der Waals surface area contributed by atoms with Crippen LogP contribution in [0.4, 0.5) is 0 Å². The number of esters is 1. The highest BCUT2D eigenvalue weighted by Gasteiger charge is 2.45. The zero-order valence-corrected chi connectivity index (χ0v) is 27.7. The Morgan fingerprint density at radius 3 is 2.57 bits per heavy atom. The van der Waals surface area contributed by atoms with Gasteiger partial charge in [-0.2, -0.15) is 0 Å². The monoisotopic (exact) mass is 648 g/mol. The topological polar surface area (TPSA) is 127 Å². The van der Waals surface area contributed by atoms with Crippen LogP contribution in [0.2, 0.25) is 0 Å². The Morgan fingerprint density at radius 1 is 1.00 bits per heavy atom. The van der Waals surface area contributed by atoms with Crippen molar-refractivity contribution in [2.75, 3.05) is 59.6 Å². The number of hydrogen-bond acceptors (Lipinski definition) is 8. The molecule has 3 amide bonds. The maximum atomic E-state index is 13.6. The van der Waals surface area contributed by atoms with Crippen LogP contribution >= 0.6 is 0 Å². The summed E-state index contributed by atoms with van der Waals surface area (Å²) in [5, 5.41) is 5.90. The number of carbonyl (C=O) groups is 4. The highest BCUT2D eigenvalue weighted by molar-refractivity contribution is 5.81. The van der Waals surface area contributed by atoms with Crippen LogP contribution in [0.25, 0.3) is 0 Å². The van der Waals surface area contributed by atoms with Crippen molar-refractivity contribution in [2.45, 2.75) is 58.4 Å². The predicted molar refractivity (Wildman–Crippen MR) is 176 cm³/mol. The van der Waals surface area contributed by atoms with Crippen LogP contribution in [0.1, 0.15) is 55.7 Å². The molecular weight excluding hydrogens is 600 g/mol. The summed E-state index contributed by atoms with van der Waals surface area (Å²) in [6.45, 7) is 4.62. The summed E-state index contributed by atoms with van der Waals surface area (Å²) in [5.74, 6) is 0.350. The van der Waals surface area contributed by atoms with Gasteiger partial charge in [0.05, 0.1) is 25.7 Å². The molecule has 5 rings (SSSR count). The number of amides is 3. The molecule has 0 spiro atoms. The van der Waals surface area contributed by atoms with E-state index in [0.29, 0.717) is 56.3 Å². The number of carbonyl (C=O) groups excluding carboxylic acids is 4. The molecule has 2 bridgehead atoms. The normalized spacial score (nSPS) is 21.6. The van der Waals surface area contributed by atoms with Crippen molar-refractivity contribution in [2.24, 2.45) is 11.3 Å². The molecule has 2 aromatic rings. The van der Waals surface area contributed by atoms with E-state index in [-0.39, 0.29) is 63.0 Å². The van der Waals surface area contributed by atoms with Crippen LogP contribution in [-0.4, -0.2) is 93.1 Å². The van der Waals surface area contributed by atoms with Crippen LogP contribution in [0.15, 0.2) is 42.5 Å². The van der Waals surface area contributed by atoms with E-state index in [2.05, 4.69) is 27.7 Å². The first kappa shape index (κ1) is 34.2. The molecule has 2 heterocycles. The second kappa shape index (κ2) is 16.1. The molecule has 1 aliphatic carbocycles. The van der Waals surface area contributed by atoms with E-state index in [1.54, 1.807) is 24.0 Å². The number of nitrogens with one attached hydrogen (secondary N) is 2. The van der Waals surface area contributed by atoms with Gasteiger partial charge in [-0.1, -0.05) is 43.2 Å². The summed E-state index contributed by atoms with van der Waals surface area (Å²) in [4.78, 5) is 57.0. The Balaban J connectivity index is 1.32. The van der Waals surface area contributed by atoms with Crippen LogP contribution in [0.5, 0.6) is 11.5 Å². The van der Waals surface area contributed by atoms with E-state index in [1.165, 1.54) is 18.2 Å². The van der Waals surface area contributed by atoms with Gasteiger partial charge in [0.15, 0.2) is 18.1 Å². The maximum Gasteiger partial charge on any atom is 0.314 e. The van der Waals surface area contributed by atoms with Crippen molar-refractivity contribution >= 4 is 23.7 Å². The van der Waals surface area contributed by atoms with E-state index in [4.69, 9.17) is 14.2 Å². The van der Waals surface area contributed by atoms with E-state index >= 15 is 0 Å². The lowest BCUT2D eigenvalue weighted by molar-refractivity contribution is -0.156. The Hall–Kier alpha value is -4.12. The number of hydrogen-bond donors (Lipinski definition) is 2. The highest BCUT2D eigenvalue weighted by Crippen LogP contribution is 2.43. The lowest BCUT2D eigenvalue weighted by Gasteiger charge is -2.32. The molecule has 0 aromatic heterocycles. The molecule has 254 valence electrons. The second-order valence-electron chi connectivity index (χ2n) is 12.9. The largest absolute Gasteiger partial charge is 0.493 e. The second-order valence-corrected chi connectivity index (χ2v) is 12.9. The first-order chi connectivity index (χ1) is 22.8.